The molecule has 1 aromatic carbocycles. The summed E-state index contributed by atoms with van der Waals surface area (Å²) in [7, 11) is 1.44. The van der Waals surface area contributed by atoms with Crippen LogP contribution >= 0.6 is 0 Å². The van der Waals surface area contributed by atoms with Crippen molar-refractivity contribution in [3.8, 4) is 5.75 Å². The van der Waals surface area contributed by atoms with Gasteiger partial charge in [0.2, 0.25) is 5.91 Å². The van der Waals surface area contributed by atoms with Crippen LogP contribution in [0, 0.1) is 5.92 Å². The highest BCUT2D eigenvalue weighted by atomic mass is 16.5. The van der Waals surface area contributed by atoms with E-state index in [4.69, 9.17) is 15.6 Å². The number of benzene rings is 1. The molecule has 19 heavy (non-hydrogen) atoms. The van der Waals surface area contributed by atoms with E-state index in [0.29, 0.717) is 11.4 Å². The van der Waals surface area contributed by atoms with Gasteiger partial charge in [-0.3, -0.25) is 4.79 Å². The van der Waals surface area contributed by atoms with Crippen LogP contribution in [-0.4, -0.2) is 30.1 Å². The van der Waals surface area contributed by atoms with Crippen molar-refractivity contribution in [3.63, 3.8) is 0 Å². The summed E-state index contributed by atoms with van der Waals surface area (Å²) in [5, 5.41) is 11.6. The number of hydrogen-bond donors (Lipinski definition) is 3. The maximum absolute atomic E-state index is 11.9. The average Bonchev–Trinajstić information content (AvgIpc) is 2.37. The van der Waals surface area contributed by atoms with Crippen LogP contribution in [0.3, 0.4) is 0 Å². The lowest BCUT2D eigenvalue weighted by Gasteiger charge is -2.17. The smallest absolute Gasteiger partial charge is 0.335 e. The molecule has 0 fully saturated rings. The summed E-state index contributed by atoms with van der Waals surface area (Å²) >= 11 is 0. The molecule has 0 heterocycles. The minimum Gasteiger partial charge on any atom is -0.495 e. The van der Waals surface area contributed by atoms with Crippen molar-refractivity contribution in [2.75, 3.05) is 12.4 Å². The Bertz CT molecular complexity index is 486. The molecule has 6 heteroatoms. The number of nitrogens with two attached hydrogens (primary N) is 1. The molecule has 4 N–H and O–H groups in total. The number of anilines is 1. The molecule has 0 aliphatic heterocycles. The molecule has 1 rings (SSSR count). The van der Waals surface area contributed by atoms with Crippen LogP contribution in [-0.2, 0) is 4.79 Å². The van der Waals surface area contributed by atoms with Crippen LogP contribution in [0.15, 0.2) is 18.2 Å². The molecular formula is C13H18N2O4. The second kappa shape index (κ2) is 6.19. The van der Waals surface area contributed by atoms with Gasteiger partial charge < -0.3 is 20.9 Å². The van der Waals surface area contributed by atoms with E-state index in [0.717, 1.165) is 0 Å². The molecule has 1 amide bonds. The predicted octanol–water partition coefficient (Wildman–Crippen LogP) is 1.32. The van der Waals surface area contributed by atoms with E-state index in [2.05, 4.69) is 5.32 Å². The first-order valence-electron chi connectivity index (χ1n) is 5.84. The van der Waals surface area contributed by atoms with E-state index in [1.165, 1.54) is 25.3 Å². The highest BCUT2D eigenvalue weighted by Crippen LogP contribution is 2.26. The first kappa shape index (κ1) is 15.0. The number of ether oxygens (including phenoxy) is 1. The van der Waals surface area contributed by atoms with Crippen molar-refractivity contribution in [1.29, 1.82) is 0 Å². The summed E-state index contributed by atoms with van der Waals surface area (Å²) in [6.45, 7) is 3.43. The molecule has 0 aromatic heterocycles. The van der Waals surface area contributed by atoms with Crippen molar-refractivity contribution in [3.05, 3.63) is 23.8 Å². The molecule has 6 nitrogen and oxygen atoms in total. The van der Waals surface area contributed by atoms with Gasteiger partial charge >= 0.3 is 5.97 Å². The molecule has 0 spiro atoms. The molecule has 0 aliphatic carbocycles. The van der Waals surface area contributed by atoms with Gasteiger partial charge in [0.05, 0.1) is 24.3 Å². The first-order valence-corrected chi connectivity index (χ1v) is 5.84. The van der Waals surface area contributed by atoms with Crippen LogP contribution in [0.4, 0.5) is 5.69 Å². The van der Waals surface area contributed by atoms with Gasteiger partial charge in [-0.25, -0.2) is 4.79 Å². The number of carbonyl (C=O) groups excluding carboxylic acids is 1. The molecule has 1 aromatic rings. The van der Waals surface area contributed by atoms with Gasteiger partial charge in [0.15, 0.2) is 0 Å². The Labute approximate surface area is 111 Å². The zero-order valence-corrected chi connectivity index (χ0v) is 11.1. The summed E-state index contributed by atoms with van der Waals surface area (Å²) in [5.74, 6) is -1.34. The van der Waals surface area contributed by atoms with Crippen molar-refractivity contribution in [2.24, 2.45) is 11.7 Å². The number of carboxylic acid groups (broad SMARTS) is 1. The third-order valence-electron chi connectivity index (χ3n) is 2.91. The Morgan fingerprint density at radius 1 is 1.37 bits per heavy atom. The highest BCUT2D eigenvalue weighted by Gasteiger charge is 2.19. The Hall–Kier alpha value is -2.08. The van der Waals surface area contributed by atoms with Crippen molar-refractivity contribution in [2.45, 2.75) is 19.9 Å². The maximum atomic E-state index is 11.9. The number of methoxy groups -OCH3 is 1. The molecule has 0 saturated carbocycles. The molecule has 0 aliphatic rings. The number of nitrogens with one attached hydrogen (secondary N) is 1. The average molecular weight is 266 g/mol. The van der Waals surface area contributed by atoms with Gasteiger partial charge in [-0.15, -0.1) is 0 Å². The Balaban J connectivity index is 3.01. The number of amides is 1. The molecule has 0 radical (unpaired) electrons. The fraction of sp³-hybridized carbons (Fsp3) is 0.385. The van der Waals surface area contributed by atoms with Gasteiger partial charge in [-0.2, -0.15) is 0 Å². The summed E-state index contributed by atoms with van der Waals surface area (Å²) < 4.78 is 5.08. The minimum atomic E-state index is -1.07. The second-order valence-corrected chi connectivity index (χ2v) is 4.36. The minimum absolute atomic E-state index is 0.0737. The fourth-order valence-electron chi connectivity index (χ4n) is 1.42. The van der Waals surface area contributed by atoms with Crippen LogP contribution in [0.2, 0.25) is 0 Å². The largest absolute Gasteiger partial charge is 0.495 e. The number of hydrogen-bond acceptors (Lipinski definition) is 4. The van der Waals surface area contributed by atoms with Crippen molar-refractivity contribution >= 4 is 17.6 Å². The lowest BCUT2D eigenvalue weighted by atomic mass is 10.0. The van der Waals surface area contributed by atoms with Crippen LogP contribution in [0.1, 0.15) is 24.2 Å². The van der Waals surface area contributed by atoms with E-state index in [1.54, 1.807) is 13.8 Å². The Morgan fingerprint density at radius 3 is 2.47 bits per heavy atom. The molecule has 2 unspecified atom stereocenters. The van der Waals surface area contributed by atoms with Crippen LogP contribution < -0.4 is 15.8 Å². The van der Waals surface area contributed by atoms with E-state index >= 15 is 0 Å². The predicted molar refractivity (Wildman–Crippen MR) is 71.4 cm³/mol. The standard InChI is InChI=1S/C13H18N2O4/c1-7(8(2)14)12(16)15-10-6-9(13(17)18)4-5-11(10)19-3/h4-8H,14H2,1-3H3,(H,15,16)(H,17,18). The quantitative estimate of drug-likeness (QED) is 0.746. The Kier molecular flexibility index (Phi) is 4.88. The topological polar surface area (TPSA) is 102 Å². The summed E-state index contributed by atoms with van der Waals surface area (Å²) in [4.78, 5) is 22.8. The maximum Gasteiger partial charge on any atom is 0.335 e. The third kappa shape index (κ3) is 3.69. The van der Waals surface area contributed by atoms with E-state index in [9.17, 15) is 9.59 Å². The van der Waals surface area contributed by atoms with Gasteiger partial charge in [0, 0.05) is 6.04 Å². The number of carboxylic acids is 1. The monoisotopic (exact) mass is 266 g/mol. The molecule has 2 atom stereocenters. The van der Waals surface area contributed by atoms with Crippen LogP contribution in [0.5, 0.6) is 5.75 Å². The summed E-state index contributed by atoms with van der Waals surface area (Å²) in [6, 6.07) is 3.96. The normalized spacial score (nSPS) is 13.5. The summed E-state index contributed by atoms with van der Waals surface area (Å²) in [6.07, 6.45) is 0. The lowest BCUT2D eigenvalue weighted by Crippen LogP contribution is -2.34. The summed E-state index contributed by atoms with van der Waals surface area (Å²) in [5.41, 5.74) is 6.05. The molecule has 0 bridgehead atoms. The third-order valence-corrected chi connectivity index (χ3v) is 2.91. The van der Waals surface area contributed by atoms with E-state index in [-0.39, 0.29) is 17.5 Å². The van der Waals surface area contributed by atoms with Gasteiger partial charge in [0.1, 0.15) is 5.75 Å². The van der Waals surface area contributed by atoms with Gasteiger partial charge in [0.25, 0.3) is 0 Å². The highest BCUT2D eigenvalue weighted by molar-refractivity contribution is 5.96. The lowest BCUT2D eigenvalue weighted by molar-refractivity contribution is -0.119. The zero-order chi connectivity index (χ0) is 14.6. The van der Waals surface area contributed by atoms with Crippen LogP contribution in [0.25, 0.3) is 0 Å². The fourth-order valence-corrected chi connectivity index (χ4v) is 1.42. The van der Waals surface area contributed by atoms with Gasteiger partial charge in [-0.05, 0) is 25.1 Å². The molecule has 0 saturated heterocycles. The molecular weight excluding hydrogens is 248 g/mol. The number of aromatic carboxylic acids is 1. The van der Waals surface area contributed by atoms with E-state index < -0.39 is 11.9 Å². The Morgan fingerprint density at radius 2 is 2.00 bits per heavy atom. The number of carbonyl (C=O) groups is 2. The zero-order valence-electron chi connectivity index (χ0n) is 11.1. The molecule has 104 valence electrons. The van der Waals surface area contributed by atoms with E-state index in [1.807, 2.05) is 0 Å². The second-order valence-electron chi connectivity index (χ2n) is 4.36. The SMILES string of the molecule is COc1ccc(C(=O)O)cc1NC(=O)C(C)C(C)N. The number of rotatable bonds is 5. The van der Waals surface area contributed by atoms with Gasteiger partial charge in [-0.1, -0.05) is 6.92 Å². The van der Waals surface area contributed by atoms with Crippen molar-refractivity contribution < 1.29 is 19.4 Å². The first-order chi connectivity index (χ1) is 8.86. The van der Waals surface area contributed by atoms with Crippen molar-refractivity contribution in [1.82, 2.24) is 0 Å².